The van der Waals surface area contributed by atoms with Crippen molar-refractivity contribution in [1.82, 2.24) is 9.55 Å². The maximum atomic E-state index is 9.57. The molecule has 0 radical (unpaired) electrons. The molecule has 120 valence electrons. The summed E-state index contributed by atoms with van der Waals surface area (Å²) in [5.41, 5.74) is 4.34. The molecule has 0 atom stereocenters. The molecule has 5 heteroatoms. The van der Waals surface area contributed by atoms with Gasteiger partial charge in [0.25, 0.3) is 0 Å². The maximum Gasteiger partial charge on any atom is 0.135 e. The van der Waals surface area contributed by atoms with Crippen LogP contribution in [-0.4, -0.2) is 21.3 Å². The van der Waals surface area contributed by atoms with Crippen molar-refractivity contribution >= 4 is 22.6 Å². The van der Waals surface area contributed by atoms with Crippen LogP contribution < -0.4 is 4.74 Å². The van der Waals surface area contributed by atoms with Gasteiger partial charge in [-0.15, -0.1) is 0 Å². The number of aliphatic hydroxyl groups is 1. The second-order valence-electron chi connectivity index (χ2n) is 5.57. The number of hydrogen-bond donors (Lipinski definition) is 1. The highest BCUT2D eigenvalue weighted by Crippen LogP contribution is 2.21. The van der Waals surface area contributed by atoms with E-state index in [0.717, 1.165) is 16.8 Å². The van der Waals surface area contributed by atoms with Gasteiger partial charge < -0.3 is 14.4 Å². The van der Waals surface area contributed by atoms with Crippen LogP contribution in [0, 0.1) is 13.8 Å². The highest BCUT2D eigenvalue weighted by molar-refractivity contribution is 6.30. The van der Waals surface area contributed by atoms with Gasteiger partial charge in [0.2, 0.25) is 0 Å². The molecule has 0 aliphatic carbocycles. The number of halogens is 1. The van der Waals surface area contributed by atoms with Gasteiger partial charge in [-0.2, -0.15) is 0 Å². The molecule has 0 spiro atoms. The minimum absolute atomic E-state index is 0.0896. The van der Waals surface area contributed by atoms with Crippen molar-refractivity contribution in [3.8, 4) is 5.75 Å². The van der Waals surface area contributed by atoms with E-state index in [1.54, 1.807) is 12.1 Å². The second-order valence-corrected chi connectivity index (χ2v) is 6.00. The van der Waals surface area contributed by atoms with Crippen LogP contribution in [0.3, 0.4) is 0 Å². The van der Waals surface area contributed by atoms with Crippen LogP contribution in [-0.2, 0) is 13.2 Å². The van der Waals surface area contributed by atoms with Gasteiger partial charge in [-0.1, -0.05) is 11.6 Å². The standard InChI is InChI=1S/C18H19ClN2O2/c1-12-9-16-17(10-13(12)2)21(18(11-22)20-16)7-8-23-15-5-3-14(19)4-6-15/h3-6,9-10,22H,7-8,11H2,1-2H3. The minimum atomic E-state index is -0.0896. The average Bonchev–Trinajstić information content (AvgIpc) is 2.87. The van der Waals surface area contributed by atoms with Crippen molar-refractivity contribution in [2.45, 2.75) is 27.0 Å². The molecule has 4 nitrogen and oxygen atoms in total. The topological polar surface area (TPSA) is 47.3 Å². The van der Waals surface area contributed by atoms with Crippen LogP contribution in [0.5, 0.6) is 5.75 Å². The summed E-state index contributed by atoms with van der Waals surface area (Å²) in [5, 5.41) is 10.3. The molecule has 23 heavy (non-hydrogen) atoms. The van der Waals surface area contributed by atoms with Gasteiger partial charge in [0.15, 0.2) is 0 Å². The molecule has 2 aromatic carbocycles. The Kier molecular flexibility index (Phi) is 4.55. The van der Waals surface area contributed by atoms with Crippen LogP contribution in [0.15, 0.2) is 36.4 Å². The Morgan fingerprint density at radius 1 is 1.13 bits per heavy atom. The molecule has 0 unspecified atom stereocenters. The van der Waals surface area contributed by atoms with Crippen LogP contribution >= 0.6 is 11.6 Å². The van der Waals surface area contributed by atoms with Crippen LogP contribution in [0.2, 0.25) is 5.02 Å². The average molecular weight is 331 g/mol. The van der Waals surface area contributed by atoms with E-state index < -0.39 is 0 Å². The predicted octanol–water partition coefficient (Wildman–Crippen LogP) is 3.88. The number of nitrogens with zero attached hydrogens (tertiary/aromatic N) is 2. The van der Waals surface area contributed by atoms with E-state index in [2.05, 4.69) is 31.0 Å². The van der Waals surface area contributed by atoms with E-state index in [1.807, 2.05) is 16.7 Å². The Bertz CT molecular complexity index is 825. The fourth-order valence-corrected chi connectivity index (χ4v) is 2.71. The first-order chi connectivity index (χ1) is 11.1. The summed E-state index contributed by atoms with van der Waals surface area (Å²) in [6, 6.07) is 11.5. The van der Waals surface area contributed by atoms with Crippen LogP contribution in [0.1, 0.15) is 17.0 Å². The van der Waals surface area contributed by atoms with Gasteiger partial charge in [-0.05, 0) is 61.4 Å². The zero-order chi connectivity index (χ0) is 16.4. The lowest BCUT2D eigenvalue weighted by molar-refractivity contribution is 0.255. The monoisotopic (exact) mass is 330 g/mol. The molecule has 0 saturated heterocycles. The zero-order valence-electron chi connectivity index (χ0n) is 13.2. The van der Waals surface area contributed by atoms with Crippen molar-refractivity contribution in [2.75, 3.05) is 6.61 Å². The fourth-order valence-electron chi connectivity index (χ4n) is 2.59. The first-order valence-electron chi connectivity index (χ1n) is 7.54. The number of ether oxygens (including phenoxy) is 1. The molecule has 0 amide bonds. The van der Waals surface area contributed by atoms with Gasteiger partial charge in [-0.25, -0.2) is 4.98 Å². The maximum absolute atomic E-state index is 9.57. The number of imidazole rings is 1. The molecule has 0 aliphatic rings. The third kappa shape index (κ3) is 3.33. The Balaban J connectivity index is 1.81. The highest BCUT2D eigenvalue weighted by atomic mass is 35.5. The summed E-state index contributed by atoms with van der Waals surface area (Å²) in [5.74, 6) is 1.43. The Morgan fingerprint density at radius 2 is 1.83 bits per heavy atom. The highest BCUT2D eigenvalue weighted by Gasteiger charge is 2.11. The van der Waals surface area contributed by atoms with Gasteiger partial charge >= 0.3 is 0 Å². The molecular formula is C18H19ClN2O2. The van der Waals surface area contributed by atoms with E-state index in [1.165, 1.54) is 11.1 Å². The molecule has 3 aromatic rings. The summed E-state index contributed by atoms with van der Waals surface area (Å²) < 4.78 is 7.76. The van der Waals surface area contributed by atoms with Gasteiger partial charge in [-0.3, -0.25) is 0 Å². The zero-order valence-corrected chi connectivity index (χ0v) is 14.0. The summed E-state index contributed by atoms with van der Waals surface area (Å²) in [4.78, 5) is 4.51. The number of benzene rings is 2. The van der Waals surface area contributed by atoms with E-state index in [4.69, 9.17) is 16.3 Å². The molecule has 0 fully saturated rings. The van der Waals surface area contributed by atoms with Gasteiger partial charge in [0, 0.05) is 5.02 Å². The minimum Gasteiger partial charge on any atom is -0.492 e. The smallest absolute Gasteiger partial charge is 0.135 e. The Hall–Kier alpha value is -2.04. The molecule has 0 bridgehead atoms. The largest absolute Gasteiger partial charge is 0.492 e. The van der Waals surface area contributed by atoms with E-state index in [9.17, 15) is 5.11 Å². The van der Waals surface area contributed by atoms with Crippen molar-refractivity contribution in [2.24, 2.45) is 0 Å². The molecule has 1 heterocycles. The number of rotatable bonds is 5. The number of aromatic nitrogens is 2. The Morgan fingerprint density at radius 3 is 2.52 bits per heavy atom. The number of hydrogen-bond acceptors (Lipinski definition) is 3. The van der Waals surface area contributed by atoms with Crippen molar-refractivity contribution in [1.29, 1.82) is 0 Å². The second kappa shape index (κ2) is 6.60. The SMILES string of the molecule is Cc1cc2nc(CO)n(CCOc3ccc(Cl)cc3)c2cc1C. The molecule has 0 aliphatic heterocycles. The van der Waals surface area contributed by atoms with E-state index in [0.29, 0.717) is 24.0 Å². The molecule has 1 aromatic heterocycles. The quantitative estimate of drug-likeness (QED) is 0.772. The van der Waals surface area contributed by atoms with Gasteiger partial charge in [0.1, 0.15) is 24.8 Å². The normalized spacial score (nSPS) is 11.1. The fraction of sp³-hybridized carbons (Fsp3) is 0.278. The summed E-state index contributed by atoms with van der Waals surface area (Å²) in [6.45, 7) is 5.17. The molecule has 1 N–H and O–H groups in total. The van der Waals surface area contributed by atoms with Crippen LogP contribution in [0.25, 0.3) is 11.0 Å². The molecule has 3 rings (SSSR count). The molecular weight excluding hydrogens is 312 g/mol. The first-order valence-corrected chi connectivity index (χ1v) is 7.92. The van der Waals surface area contributed by atoms with Crippen molar-refractivity contribution in [3.05, 3.63) is 58.4 Å². The number of fused-ring (bicyclic) bond motifs is 1. The summed E-state index contributed by atoms with van der Waals surface area (Å²) in [7, 11) is 0. The lowest BCUT2D eigenvalue weighted by Crippen LogP contribution is -2.11. The van der Waals surface area contributed by atoms with Crippen LogP contribution in [0.4, 0.5) is 0 Å². The lowest BCUT2D eigenvalue weighted by Gasteiger charge is -2.10. The van der Waals surface area contributed by atoms with E-state index >= 15 is 0 Å². The number of aryl methyl sites for hydroxylation is 2. The Labute approximate surface area is 140 Å². The number of aliphatic hydroxyl groups excluding tert-OH is 1. The summed E-state index contributed by atoms with van der Waals surface area (Å²) in [6.07, 6.45) is 0. The first kappa shape index (κ1) is 15.8. The lowest BCUT2D eigenvalue weighted by atomic mass is 10.1. The van der Waals surface area contributed by atoms with E-state index in [-0.39, 0.29) is 6.61 Å². The van der Waals surface area contributed by atoms with Gasteiger partial charge in [0.05, 0.1) is 17.6 Å². The third-order valence-corrected chi connectivity index (χ3v) is 4.23. The predicted molar refractivity (Wildman–Crippen MR) is 92.1 cm³/mol. The third-order valence-electron chi connectivity index (χ3n) is 3.98. The molecule has 0 saturated carbocycles. The summed E-state index contributed by atoms with van der Waals surface area (Å²) >= 11 is 5.86. The van der Waals surface area contributed by atoms with Crippen molar-refractivity contribution in [3.63, 3.8) is 0 Å². The van der Waals surface area contributed by atoms with Crippen molar-refractivity contribution < 1.29 is 9.84 Å².